The summed E-state index contributed by atoms with van der Waals surface area (Å²) in [5.41, 5.74) is 0.0174. The molecule has 0 aliphatic rings. The van der Waals surface area contributed by atoms with Crippen LogP contribution < -0.4 is 5.56 Å². The topological polar surface area (TPSA) is 69.5 Å². The Kier molecular flexibility index (Phi) is 4.13. The lowest BCUT2D eigenvalue weighted by molar-refractivity contribution is 0.447. The van der Waals surface area contributed by atoms with Crippen LogP contribution in [-0.2, 0) is 0 Å². The summed E-state index contributed by atoms with van der Waals surface area (Å²) in [6.45, 7) is 3.06. The molecule has 0 unspecified atom stereocenters. The number of rotatable bonds is 2. The number of nitrogens with zero attached hydrogens (tertiary/aromatic N) is 2. The molecule has 0 bridgehead atoms. The van der Waals surface area contributed by atoms with Crippen LogP contribution >= 0.6 is 0 Å². The van der Waals surface area contributed by atoms with E-state index >= 15 is 0 Å². The Bertz CT molecular complexity index is 856. The molecule has 2 aromatic rings. The van der Waals surface area contributed by atoms with E-state index in [4.69, 9.17) is 5.26 Å². The van der Waals surface area contributed by atoms with E-state index in [-0.39, 0.29) is 22.6 Å². The normalized spacial score (nSPS) is 11.4. The number of benzene rings is 1. The first-order valence-corrected chi connectivity index (χ1v) is 6.17. The van der Waals surface area contributed by atoms with Gasteiger partial charge in [-0.1, -0.05) is 0 Å². The molecule has 0 saturated heterocycles. The Morgan fingerprint density at radius 1 is 1.32 bits per heavy atom. The predicted octanol–water partition coefficient (Wildman–Crippen LogP) is 2.93. The van der Waals surface area contributed by atoms with Gasteiger partial charge in [-0.05, 0) is 43.2 Å². The van der Waals surface area contributed by atoms with Gasteiger partial charge in [0, 0.05) is 0 Å². The molecule has 1 N–H and O–H groups in total. The Balaban J connectivity index is 2.51. The molecule has 0 atom stereocenters. The molecule has 0 aliphatic heterocycles. The molecular weight excluding hydrogens is 295 g/mol. The van der Waals surface area contributed by atoms with Crippen LogP contribution in [0.1, 0.15) is 29.6 Å². The highest BCUT2D eigenvalue weighted by molar-refractivity contribution is 5.77. The highest BCUT2D eigenvalue weighted by Gasteiger charge is 2.11. The minimum Gasteiger partial charge on any atom is -0.306 e. The molecule has 0 fully saturated rings. The average molecular weight is 305 g/mol. The van der Waals surface area contributed by atoms with Gasteiger partial charge in [-0.3, -0.25) is 4.79 Å². The Morgan fingerprint density at radius 2 is 1.91 bits per heavy atom. The molecule has 0 aliphatic carbocycles. The monoisotopic (exact) mass is 305 g/mol. The molecule has 0 amide bonds. The summed E-state index contributed by atoms with van der Waals surface area (Å²) in [6.07, 6.45) is 1.34. The minimum atomic E-state index is -1.55. The zero-order chi connectivity index (χ0) is 16.4. The van der Waals surface area contributed by atoms with Gasteiger partial charge < -0.3 is 4.98 Å². The van der Waals surface area contributed by atoms with Crippen molar-refractivity contribution in [3.63, 3.8) is 0 Å². The maximum atomic E-state index is 13.2. The summed E-state index contributed by atoms with van der Waals surface area (Å²) in [5.74, 6) is -4.00. The maximum Gasteiger partial charge on any atom is 0.269 e. The van der Waals surface area contributed by atoms with Gasteiger partial charge in [0.05, 0.1) is 5.69 Å². The average Bonchev–Trinajstić information content (AvgIpc) is 2.44. The lowest BCUT2D eigenvalue weighted by Crippen LogP contribution is -2.16. The molecule has 2 rings (SSSR count). The van der Waals surface area contributed by atoms with Crippen LogP contribution in [0.4, 0.5) is 13.2 Å². The third-order valence-corrected chi connectivity index (χ3v) is 2.97. The van der Waals surface area contributed by atoms with Gasteiger partial charge >= 0.3 is 0 Å². The first kappa shape index (κ1) is 15.5. The summed E-state index contributed by atoms with van der Waals surface area (Å²) in [5, 5.41) is 8.81. The third kappa shape index (κ3) is 2.91. The van der Waals surface area contributed by atoms with Crippen molar-refractivity contribution in [2.24, 2.45) is 0 Å². The van der Waals surface area contributed by atoms with Gasteiger partial charge in [-0.25, -0.2) is 18.2 Å². The van der Waals surface area contributed by atoms with E-state index in [1.54, 1.807) is 13.0 Å². The first-order chi connectivity index (χ1) is 10.3. The molecule has 0 spiro atoms. The van der Waals surface area contributed by atoms with Gasteiger partial charge in [-0.2, -0.15) is 5.26 Å². The standard InChI is InChI=1S/C15H10F3N3O/c1-7(3-9-4-11(16)13(18)12(17)5-9)14-20-8(2)10(6-19)15(22)21-14/h3-5H,1-2H3,(H,20,21,22)/b7-3-. The van der Waals surface area contributed by atoms with Crippen molar-refractivity contribution >= 4 is 11.6 Å². The molecule has 4 nitrogen and oxygen atoms in total. The molecule has 22 heavy (non-hydrogen) atoms. The number of aromatic amines is 1. The lowest BCUT2D eigenvalue weighted by atomic mass is 10.1. The van der Waals surface area contributed by atoms with E-state index in [0.29, 0.717) is 5.57 Å². The Morgan fingerprint density at radius 3 is 2.41 bits per heavy atom. The number of allylic oxidation sites excluding steroid dienone is 1. The predicted molar refractivity (Wildman–Crippen MR) is 74.2 cm³/mol. The van der Waals surface area contributed by atoms with Gasteiger partial charge in [0.15, 0.2) is 17.5 Å². The summed E-state index contributed by atoms with van der Waals surface area (Å²) >= 11 is 0. The summed E-state index contributed by atoms with van der Waals surface area (Å²) in [6, 6.07) is 3.39. The maximum absolute atomic E-state index is 13.2. The molecule has 0 radical (unpaired) electrons. The van der Waals surface area contributed by atoms with Crippen molar-refractivity contribution in [3.8, 4) is 6.07 Å². The zero-order valence-electron chi connectivity index (χ0n) is 11.7. The largest absolute Gasteiger partial charge is 0.306 e. The van der Waals surface area contributed by atoms with E-state index in [9.17, 15) is 18.0 Å². The highest BCUT2D eigenvalue weighted by Crippen LogP contribution is 2.18. The quantitative estimate of drug-likeness (QED) is 0.867. The van der Waals surface area contributed by atoms with E-state index in [2.05, 4.69) is 9.97 Å². The van der Waals surface area contributed by atoms with Crippen LogP contribution in [0.5, 0.6) is 0 Å². The van der Waals surface area contributed by atoms with Crippen molar-refractivity contribution in [2.75, 3.05) is 0 Å². The Hall–Kier alpha value is -2.88. The van der Waals surface area contributed by atoms with Crippen molar-refractivity contribution in [1.29, 1.82) is 5.26 Å². The third-order valence-electron chi connectivity index (χ3n) is 2.97. The van der Waals surface area contributed by atoms with Gasteiger partial charge in [0.2, 0.25) is 0 Å². The second-order valence-corrected chi connectivity index (χ2v) is 4.61. The van der Waals surface area contributed by atoms with Crippen molar-refractivity contribution < 1.29 is 13.2 Å². The minimum absolute atomic E-state index is 0.0820. The summed E-state index contributed by atoms with van der Waals surface area (Å²) in [7, 11) is 0. The number of hydrogen-bond acceptors (Lipinski definition) is 3. The van der Waals surface area contributed by atoms with E-state index in [1.807, 2.05) is 0 Å². The smallest absolute Gasteiger partial charge is 0.269 e. The van der Waals surface area contributed by atoms with Crippen LogP contribution in [0, 0.1) is 35.7 Å². The van der Waals surface area contributed by atoms with Crippen molar-refractivity contribution in [1.82, 2.24) is 9.97 Å². The molecule has 1 aromatic carbocycles. The van der Waals surface area contributed by atoms with E-state index in [0.717, 1.165) is 12.1 Å². The van der Waals surface area contributed by atoms with Gasteiger partial charge in [-0.15, -0.1) is 0 Å². The molecular formula is C15H10F3N3O. The second-order valence-electron chi connectivity index (χ2n) is 4.61. The van der Waals surface area contributed by atoms with E-state index < -0.39 is 23.0 Å². The number of H-pyrrole nitrogens is 1. The van der Waals surface area contributed by atoms with Gasteiger partial charge in [0.1, 0.15) is 17.5 Å². The van der Waals surface area contributed by atoms with Crippen LogP contribution in [0.15, 0.2) is 16.9 Å². The number of aromatic nitrogens is 2. The fourth-order valence-electron chi connectivity index (χ4n) is 1.88. The number of halogens is 3. The number of hydrogen-bond donors (Lipinski definition) is 1. The highest BCUT2D eigenvalue weighted by atomic mass is 19.2. The van der Waals surface area contributed by atoms with Crippen LogP contribution in [0.2, 0.25) is 0 Å². The van der Waals surface area contributed by atoms with Crippen LogP contribution in [-0.4, -0.2) is 9.97 Å². The Labute approximate surface area is 123 Å². The molecule has 1 aromatic heterocycles. The number of aryl methyl sites for hydroxylation is 1. The molecule has 0 saturated carbocycles. The first-order valence-electron chi connectivity index (χ1n) is 6.17. The van der Waals surface area contributed by atoms with Crippen molar-refractivity contribution in [2.45, 2.75) is 13.8 Å². The van der Waals surface area contributed by atoms with Crippen molar-refractivity contribution in [3.05, 3.63) is 62.6 Å². The number of nitriles is 1. The lowest BCUT2D eigenvalue weighted by Gasteiger charge is -2.04. The van der Waals surface area contributed by atoms with Gasteiger partial charge in [0.25, 0.3) is 5.56 Å². The second kappa shape index (κ2) is 5.85. The summed E-state index contributed by atoms with van der Waals surface area (Å²) < 4.78 is 39.2. The SMILES string of the molecule is C/C(=C/c1cc(F)c(F)c(F)c1)c1nc(C)c(C#N)c(=O)[nH]1. The fraction of sp³-hybridized carbons (Fsp3) is 0.133. The molecule has 1 heterocycles. The number of nitrogens with one attached hydrogen (secondary N) is 1. The summed E-state index contributed by atoms with van der Waals surface area (Å²) in [4.78, 5) is 18.2. The molecule has 7 heteroatoms. The zero-order valence-corrected chi connectivity index (χ0v) is 11.7. The van der Waals surface area contributed by atoms with Crippen LogP contribution in [0.3, 0.4) is 0 Å². The van der Waals surface area contributed by atoms with Crippen LogP contribution in [0.25, 0.3) is 11.6 Å². The van der Waals surface area contributed by atoms with E-state index in [1.165, 1.54) is 13.0 Å². The fourth-order valence-corrected chi connectivity index (χ4v) is 1.88. The molecule has 112 valence electrons.